The van der Waals surface area contributed by atoms with Crippen molar-refractivity contribution in [1.29, 1.82) is 0 Å². The molecule has 1 aromatic rings. The molecule has 0 saturated carbocycles. The first kappa shape index (κ1) is 16.2. The molecule has 0 bridgehead atoms. The van der Waals surface area contributed by atoms with E-state index in [0.717, 1.165) is 6.07 Å². The van der Waals surface area contributed by atoms with Crippen molar-refractivity contribution in [1.82, 2.24) is 4.72 Å². The maximum atomic E-state index is 13.8. The summed E-state index contributed by atoms with van der Waals surface area (Å²) in [5, 5.41) is 8.87. The van der Waals surface area contributed by atoms with Crippen LogP contribution in [0.15, 0.2) is 23.1 Å². The van der Waals surface area contributed by atoms with Crippen LogP contribution in [0.4, 0.5) is 4.39 Å². The van der Waals surface area contributed by atoms with Gasteiger partial charge < -0.3 is 9.84 Å². The average Bonchev–Trinajstić information content (AvgIpc) is 2.75. The van der Waals surface area contributed by atoms with E-state index in [1.807, 2.05) is 0 Å². The van der Waals surface area contributed by atoms with Crippen LogP contribution in [0.25, 0.3) is 0 Å². The number of hydrogen-bond donors (Lipinski definition) is 2. The molecule has 2 unspecified atom stereocenters. The van der Waals surface area contributed by atoms with Gasteiger partial charge >= 0.3 is 5.97 Å². The van der Waals surface area contributed by atoms with E-state index in [1.54, 1.807) is 0 Å². The van der Waals surface area contributed by atoms with Crippen LogP contribution in [0.3, 0.4) is 0 Å². The number of benzene rings is 1. The zero-order valence-corrected chi connectivity index (χ0v) is 12.5. The lowest BCUT2D eigenvalue weighted by Crippen LogP contribution is -2.49. The van der Waals surface area contributed by atoms with E-state index in [1.165, 1.54) is 19.1 Å². The van der Waals surface area contributed by atoms with Gasteiger partial charge in [-0.15, -0.1) is 0 Å². The molecule has 0 aliphatic carbocycles. The normalized spacial score (nSPS) is 26.0. The fourth-order valence-corrected chi connectivity index (χ4v) is 3.65. The molecule has 1 aromatic carbocycles. The van der Waals surface area contributed by atoms with Crippen LogP contribution < -0.4 is 4.72 Å². The monoisotopic (exact) mass is 337 g/mol. The fourth-order valence-electron chi connectivity index (χ4n) is 1.99. The van der Waals surface area contributed by atoms with Gasteiger partial charge in [-0.3, -0.25) is 4.79 Å². The first-order chi connectivity index (χ1) is 9.68. The third kappa shape index (κ3) is 2.89. The van der Waals surface area contributed by atoms with Gasteiger partial charge in [0.2, 0.25) is 10.0 Å². The number of halogens is 2. The number of hydrogen-bond acceptors (Lipinski definition) is 4. The third-order valence-corrected chi connectivity index (χ3v) is 5.23. The Labute approximate surface area is 125 Å². The topological polar surface area (TPSA) is 92.7 Å². The first-order valence-corrected chi connectivity index (χ1v) is 7.82. The van der Waals surface area contributed by atoms with Crippen LogP contribution in [-0.4, -0.2) is 38.7 Å². The zero-order valence-electron chi connectivity index (χ0n) is 11.0. The third-order valence-electron chi connectivity index (χ3n) is 3.45. The Morgan fingerprint density at radius 2 is 2.24 bits per heavy atom. The standard InChI is InChI=1S/C12H13ClFNO5S/c1-12(11(16)17)6-20-5-9(12)15-21(18,19)8-4-2-3-7(13)10(8)14/h2-4,9,15H,5-6H2,1H3,(H,16,17). The molecule has 21 heavy (non-hydrogen) atoms. The van der Waals surface area contributed by atoms with Gasteiger partial charge in [0.25, 0.3) is 0 Å². The number of rotatable bonds is 4. The number of carboxylic acids is 1. The predicted octanol–water partition coefficient (Wildman–Crippen LogP) is 1.25. The molecular weight excluding hydrogens is 325 g/mol. The molecular formula is C12H13ClFNO5S. The van der Waals surface area contributed by atoms with Crippen molar-refractivity contribution in [3.05, 3.63) is 29.0 Å². The summed E-state index contributed by atoms with van der Waals surface area (Å²) in [5.74, 6) is -2.28. The van der Waals surface area contributed by atoms with E-state index in [9.17, 15) is 22.7 Å². The number of ether oxygens (including phenoxy) is 1. The summed E-state index contributed by atoms with van der Waals surface area (Å²) in [6.07, 6.45) is 0. The lowest BCUT2D eigenvalue weighted by molar-refractivity contribution is -0.148. The van der Waals surface area contributed by atoms with Crippen LogP contribution >= 0.6 is 11.6 Å². The van der Waals surface area contributed by atoms with E-state index in [4.69, 9.17) is 16.3 Å². The van der Waals surface area contributed by atoms with Gasteiger partial charge in [-0.1, -0.05) is 17.7 Å². The summed E-state index contributed by atoms with van der Waals surface area (Å²) in [5.41, 5.74) is -1.41. The SMILES string of the molecule is CC1(C(=O)O)COCC1NS(=O)(=O)c1cccc(Cl)c1F. The second-order valence-corrected chi connectivity index (χ2v) is 7.05. The van der Waals surface area contributed by atoms with Crippen LogP contribution in [-0.2, 0) is 19.6 Å². The quantitative estimate of drug-likeness (QED) is 0.862. The van der Waals surface area contributed by atoms with Crippen LogP contribution in [0.2, 0.25) is 5.02 Å². The van der Waals surface area contributed by atoms with Crippen LogP contribution in [0, 0.1) is 11.2 Å². The highest BCUT2D eigenvalue weighted by atomic mass is 35.5. The van der Waals surface area contributed by atoms with Gasteiger partial charge in [0.15, 0.2) is 5.82 Å². The molecule has 1 fully saturated rings. The molecule has 2 N–H and O–H groups in total. The highest BCUT2D eigenvalue weighted by Gasteiger charge is 2.48. The molecule has 1 aliphatic rings. The molecule has 2 atom stereocenters. The Morgan fingerprint density at radius 3 is 2.86 bits per heavy atom. The molecule has 116 valence electrons. The smallest absolute Gasteiger partial charge is 0.313 e. The van der Waals surface area contributed by atoms with Gasteiger partial charge in [-0.05, 0) is 19.1 Å². The molecule has 6 nitrogen and oxygen atoms in total. The number of nitrogens with one attached hydrogen (secondary N) is 1. The molecule has 0 amide bonds. The maximum absolute atomic E-state index is 13.8. The molecule has 0 spiro atoms. The summed E-state index contributed by atoms with van der Waals surface area (Å²) >= 11 is 5.56. The van der Waals surface area contributed by atoms with Gasteiger partial charge in [-0.25, -0.2) is 17.5 Å². The number of carbonyl (C=O) groups is 1. The van der Waals surface area contributed by atoms with Gasteiger partial charge in [-0.2, -0.15) is 0 Å². The van der Waals surface area contributed by atoms with E-state index in [0.29, 0.717) is 0 Å². The van der Waals surface area contributed by atoms with E-state index in [-0.39, 0.29) is 18.2 Å². The van der Waals surface area contributed by atoms with Gasteiger partial charge in [0, 0.05) is 0 Å². The zero-order chi connectivity index (χ0) is 15.8. The Kier molecular flexibility index (Phi) is 4.25. The van der Waals surface area contributed by atoms with Gasteiger partial charge in [0.05, 0.1) is 24.3 Å². The van der Waals surface area contributed by atoms with Crippen LogP contribution in [0.5, 0.6) is 0 Å². The minimum atomic E-state index is -4.25. The van der Waals surface area contributed by atoms with Crippen molar-refractivity contribution in [3.63, 3.8) is 0 Å². The van der Waals surface area contributed by atoms with E-state index < -0.39 is 38.2 Å². The summed E-state index contributed by atoms with van der Waals surface area (Å²) in [4.78, 5) is 10.6. The van der Waals surface area contributed by atoms with E-state index in [2.05, 4.69) is 4.72 Å². The molecule has 1 aliphatic heterocycles. The minimum Gasteiger partial charge on any atom is -0.481 e. The Bertz CT molecular complexity index is 680. The molecule has 0 radical (unpaired) electrons. The Balaban J connectivity index is 2.34. The Hall–Kier alpha value is -1.22. The maximum Gasteiger partial charge on any atom is 0.313 e. The van der Waals surface area contributed by atoms with Crippen molar-refractivity contribution >= 4 is 27.6 Å². The average molecular weight is 338 g/mol. The van der Waals surface area contributed by atoms with Crippen molar-refractivity contribution in [2.24, 2.45) is 5.41 Å². The van der Waals surface area contributed by atoms with Gasteiger partial charge in [0.1, 0.15) is 10.3 Å². The number of sulfonamides is 1. The first-order valence-electron chi connectivity index (χ1n) is 5.96. The molecule has 1 heterocycles. The summed E-state index contributed by atoms with van der Waals surface area (Å²) in [6, 6.07) is 2.56. The van der Waals surface area contributed by atoms with Crippen molar-refractivity contribution in [3.8, 4) is 0 Å². The van der Waals surface area contributed by atoms with Crippen molar-refractivity contribution in [2.45, 2.75) is 17.9 Å². The molecule has 1 saturated heterocycles. The second-order valence-electron chi connectivity index (χ2n) is 4.96. The molecule has 0 aromatic heterocycles. The summed E-state index contributed by atoms with van der Waals surface area (Å²) in [6.45, 7) is 1.13. The lowest BCUT2D eigenvalue weighted by atomic mass is 9.86. The van der Waals surface area contributed by atoms with Crippen LogP contribution in [0.1, 0.15) is 6.92 Å². The van der Waals surface area contributed by atoms with Crippen molar-refractivity contribution in [2.75, 3.05) is 13.2 Å². The fraction of sp³-hybridized carbons (Fsp3) is 0.417. The number of aliphatic carboxylic acids is 1. The Morgan fingerprint density at radius 1 is 1.57 bits per heavy atom. The minimum absolute atomic E-state index is 0.107. The molecule has 9 heteroatoms. The lowest BCUT2D eigenvalue weighted by Gasteiger charge is -2.25. The second kappa shape index (κ2) is 5.53. The summed E-state index contributed by atoms with van der Waals surface area (Å²) < 4.78 is 45.5. The highest BCUT2D eigenvalue weighted by Crippen LogP contribution is 2.30. The van der Waals surface area contributed by atoms with E-state index >= 15 is 0 Å². The largest absolute Gasteiger partial charge is 0.481 e. The number of carboxylic acid groups (broad SMARTS) is 1. The predicted molar refractivity (Wildman–Crippen MR) is 72.1 cm³/mol. The molecule has 2 rings (SSSR count). The summed E-state index contributed by atoms with van der Waals surface area (Å²) in [7, 11) is -4.25. The highest BCUT2D eigenvalue weighted by molar-refractivity contribution is 7.89. The van der Waals surface area contributed by atoms with Crippen molar-refractivity contribution < 1.29 is 27.4 Å².